The number of carbonyl (C=O) groups excluding carboxylic acids is 1. The van der Waals surface area contributed by atoms with Crippen molar-refractivity contribution in [2.24, 2.45) is 11.3 Å². The van der Waals surface area contributed by atoms with Crippen LogP contribution < -0.4 is 5.32 Å². The van der Waals surface area contributed by atoms with Gasteiger partial charge in [0, 0.05) is 31.1 Å². The SMILES string of the molecule is CC(C)(C)OC(=O)N1CC2CCC1C(CO)(C1(O)CNC1)C2. The fourth-order valence-corrected chi connectivity index (χ4v) is 4.49. The number of aliphatic hydroxyl groups excluding tert-OH is 1. The van der Waals surface area contributed by atoms with Crippen molar-refractivity contribution in [3.8, 4) is 0 Å². The molecule has 3 heterocycles. The fraction of sp³-hybridized carbons (Fsp3) is 0.938. The van der Waals surface area contributed by atoms with Gasteiger partial charge in [-0.1, -0.05) is 0 Å². The molecule has 0 aromatic rings. The lowest BCUT2D eigenvalue weighted by atomic mass is 9.54. The van der Waals surface area contributed by atoms with Crippen molar-refractivity contribution in [3.05, 3.63) is 0 Å². The Morgan fingerprint density at radius 2 is 2.05 bits per heavy atom. The van der Waals surface area contributed by atoms with Crippen LogP contribution in [0.15, 0.2) is 0 Å². The van der Waals surface area contributed by atoms with Crippen LogP contribution in [-0.4, -0.2) is 64.7 Å². The number of nitrogens with one attached hydrogen (secondary N) is 1. The minimum absolute atomic E-state index is 0.0916. The van der Waals surface area contributed by atoms with Gasteiger partial charge in [-0.2, -0.15) is 0 Å². The van der Waals surface area contributed by atoms with Crippen LogP contribution >= 0.6 is 0 Å². The first-order chi connectivity index (χ1) is 10.2. The number of rotatable bonds is 2. The molecule has 0 spiro atoms. The highest BCUT2D eigenvalue weighted by atomic mass is 16.6. The standard InChI is InChI=1S/C16H28N2O4/c1-14(2,3)22-13(20)18-7-11-4-5-12(18)15(6-11,10-19)16(21)8-17-9-16/h11-12,17,19,21H,4-10H2,1-3H3. The van der Waals surface area contributed by atoms with Crippen molar-refractivity contribution in [3.63, 3.8) is 0 Å². The summed E-state index contributed by atoms with van der Waals surface area (Å²) in [6, 6.07) is -0.149. The van der Waals surface area contributed by atoms with Gasteiger partial charge in [0.25, 0.3) is 0 Å². The van der Waals surface area contributed by atoms with E-state index in [1.165, 1.54) is 0 Å². The van der Waals surface area contributed by atoms with Crippen LogP contribution in [0.2, 0.25) is 0 Å². The van der Waals surface area contributed by atoms with Gasteiger partial charge in [0.05, 0.1) is 12.2 Å². The molecule has 4 fully saturated rings. The zero-order valence-corrected chi connectivity index (χ0v) is 13.8. The first-order valence-corrected chi connectivity index (χ1v) is 8.24. The molecule has 3 atom stereocenters. The van der Waals surface area contributed by atoms with E-state index in [1.807, 2.05) is 20.8 Å². The molecule has 3 N–H and O–H groups in total. The molecule has 2 bridgehead atoms. The van der Waals surface area contributed by atoms with Crippen LogP contribution in [0.1, 0.15) is 40.0 Å². The maximum absolute atomic E-state index is 12.6. The van der Waals surface area contributed by atoms with Gasteiger partial charge in [-0.05, 0) is 46.0 Å². The van der Waals surface area contributed by atoms with Crippen molar-refractivity contribution < 1.29 is 19.7 Å². The third-order valence-corrected chi connectivity index (χ3v) is 5.64. The van der Waals surface area contributed by atoms with E-state index in [1.54, 1.807) is 4.90 Å². The predicted molar refractivity (Wildman–Crippen MR) is 81.4 cm³/mol. The predicted octanol–water partition coefficient (Wildman–Crippen LogP) is 0.719. The molecule has 1 aliphatic carbocycles. The third-order valence-electron chi connectivity index (χ3n) is 5.64. The number of hydrogen-bond acceptors (Lipinski definition) is 5. The smallest absolute Gasteiger partial charge is 0.410 e. The van der Waals surface area contributed by atoms with Gasteiger partial charge in [-0.15, -0.1) is 0 Å². The molecule has 4 rings (SSSR count). The average molecular weight is 312 g/mol. The Labute approximate surface area is 131 Å². The number of aliphatic hydroxyl groups is 2. The molecule has 6 nitrogen and oxygen atoms in total. The van der Waals surface area contributed by atoms with Gasteiger partial charge in [0.15, 0.2) is 0 Å². The summed E-state index contributed by atoms with van der Waals surface area (Å²) < 4.78 is 5.54. The van der Waals surface area contributed by atoms with Crippen LogP contribution in [0.4, 0.5) is 4.79 Å². The molecule has 4 aliphatic rings. The monoisotopic (exact) mass is 312 g/mol. The second-order valence-corrected chi connectivity index (χ2v) is 8.25. The van der Waals surface area contributed by atoms with E-state index in [9.17, 15) is 15.0 Å². The summed E-state index contributed by atoms with van der Waals surface area (Å²) in [5.74, 6) is 0.328. The van der Waals surface area contributed by atoms with E-state index in [0.717, 1.165) is 19.3 Å². The van der Waals surface area contributed by atoms with E-state index >= 15 is 0 Å². The van der Waals surface area contributed by atoms with Gasteiger partial charge < -0.3 is 25.2 Å². The lowest BCUT2D eigenvalue weighted by Crippen LogP contribution is -2.78. The van der Waals surface area contributed by atoms with Gasteiger partial charge in [-0.3, -0.25) is 0 Å². The molecule has 3 unspecified atom stereocenters. The molecule has 1 saturated carbocycles. The molecule has 126 valence electrons. The zero-order valence-electron chi connectivity index (χ0n) is 13.8. The minimum Gasteiger partial charge on any atom is -0.444 e. The Kier molecular flexibility index (Phi) is 3.70. The second-order valence-electron chi connectivity index (χ2n) is 8.25. The number of carbonyl (C=O) groups is 1. The highest BCUT2D eigenvalue weighted by molar-refractivity contribution is 5.69. The number of β-amino-alcohol motifs (C(OH)–C–C–N with tert-alkyl or cyclic N) is 1. The lowest BCUT2D eigenvalue weighted by molar-refractivity contribution is -0.211. The Hall–Kier alpha value is -0.850. The van der Waals surface area contributed by atoms with Crippen molar-refractivity contribution in [2.75, 3.05) is 26.2 Å². The summed E-state index contributed by atoms with van der Waals surface area (Å²) in [7, 11) is 0. The lowest BCUT2D eigenvalue weighted by Gasteiger charge is -2.63. The van der Waals surface area contributed by atoms with E-state index in [-0.39, 0.29) is 18.7 Å². The van der Waals surface area contributed by atoms with Crippen molar-refractivity contribution >= 4 is 6.09 Å². The number of amides is 1. The van der Waals surface area contributed by atoms with Crippen molar-refractivity contribution in [1.29, 1.82) is 0 Å². The molecule has 0 aromatic heterocycles. The molecule has 0 aromatic carbocycles. The maximum Gasteiger partial charge on any atom is 0.410 e. The number of piperidine rings is 2. The fourth-order valence-electron chi connectivity index (χ4n) is 4.49. The summed E-state index contributed by atoms with van der Waals surface area (Å²) in [4.78, 5) is 14.3. The second kappa shape index (κ2) is 5.08. The largest absolute Gasteiger partial charge is 0.444 e. The van der Waals surface area contributed by atoms with Crippen LogP contribution in [0, 0.1) is 11.3 Å². The maximum atomic E-state index is 12.6. The van der Waals surface area contributed by atoms with Crippen LogP contribution in [0.3, 0.4) is 0 Å². The van der Waals surface area contributed by atoms with E-state index < -0.39 is 16.6 Å². The van der Waals surface area contributed by atoms with Crippen LogP contribution in [0.5, 0.6) is 0 Å². The highest BCUT2D eigenvalue weighted by Crippen LogP contribution is 2.54. The summed E-state index contributed by atoms with van der Waals surface area (Å²) in [6.07, 6.45) is 2.34. The molecule has 22 heavy (non-hydrogen) atoms. The number of fused-ring (bicyclic) bond motifs is 3. The van der Waals surface area contributed by atoms with Crippen molar-refractivity contribution in [1.82, 2.24) is 10.2 Å². The zero-order chi connectivity index (χ0) is 16.2. The Morgan fingerprint density at radius 1 is 1.36 bits per heavy atom. The molecule has 3 saturated heterocycles. The molecule has 3 aliphatic heterocycles. The molecule has 0 radical (unpaired) electrons. The van der Waals surface area contributed by atoms with Crippen LogP contribution in [-0.2, 0) is 4.74 Å². The van der Waals surface area contributed by atoms with Gasteiger partial charge >= 0.3 is 6.09 Å². The van der Waals surface area contributed by atoms with Crippen molar-refractivity contribution in [2.45, 2.75) is 57.3 Å². The summed E-state index contributed by atoms with van der Waals surface area (Å²) in [6.45, 7) is 7.12. The van der Waals surface area contributed by atoms with Crippen LogP contribution in [0.25, 0.3) is 0 Å². The summed E-state index contributed by atoms with van der Waals surface area (Å²) >= 11 is 0. The first kappa shape index (κ1) is 16.0. The van der Waals surface area contributed by atoms with Gasteiger partial charge in [-0.25, -0.2) is 4.79 Å². The van der Waals surface area contributed by atoms with E-state index in [2.05, 4.69) is 5.32 Å². The molecular weight excluding hydrogens is 284 g/mol. The number of hydrogen-bond donors (Lipinski definition) is 3. The van der Waals surface area contributed by atoms with E-state index in [4.69, 9.17) is 4.74 Å². The van der Waals surface area contributed by atoms with Gasteiger partial charge in [0.2, 0.25) is 0 Å². The quantitative estimate of drug-likeness (QED) is 0.700. The molecule has 6 heteroatoms. The topological polar surface area (TPSA) is 82.0 Å². The first-order valence-electron chi connectivity index (χ1n) is 8.24. The Bertz CT molecular complexity index is 458. The average Bonchev–Trinajstić information content (AvgIpc) is 2.43. The Morgan fingerprint density at radius 3 is 2.50 bits per heavy atom. The summed E-state index contributed by atoms with van der Waals surface area (Å²) in [5, 5.41) is 24.2. The normalized spacial score (nSPS) is 36.9. The number of nitrogens with zero attached hydrogens (tertiary/aromatic N) is 1. The van der Waals surface area contributed by atoms with Gasteiger partial charge in [0.1, 0.15) is 5.60 Å². The van der Waals surface area contributed by atoms with E-state index in [0.29, 0.717) is 25.6 Å². The Balaban J connectivity index is 1.87. The molecule has 1 amide bonds. The summed E-state index contributed by atoms with van der Waals surface area (Å²) in [5.41, 5.74) is -2.09. The number of ether oxygens (including phenoxy) is 1. The third kappa shape index (κ3) is 2.32. The minimum atomic E-state index is -0.925. The highest BCUT2D eigenvalue weighted by Gasteiger charge is 2.64. The molecular formula is C16H28N2O4.